The molecule has 118 valence electrons. The van der Waals surface area contributed by atoms with Gasteiger partial charge in [0.25, 0.3) is 0 Å². The van der Waals surface area contributed by atoms with Crippen LogP contribution in [0.2, 0.25) is 0 Å². The van der Waals surface area contributed by atoms with Gasteiger partial charge in [-0.05, 0) is 50.4 Å². The van der Waals surface area contributed by atoms with E-state index < -0.39 is 0 Å². The summed E-state index contributed by atoms with van der Waals surface area (Å²) in [6.07, 6.45) is 1.16. The molecule has 1 N–H and O–H groups in total. The number of aromatic nitrogens is 1. The molecule has 1 aromatic rings. The van der Waals surface area contributed by atoms with Gasteiger partial charge in [0.1, 0.15) is 5.82 Å². The lowest BCUT2D eigenvalue weighted by Gasteiger charge is -2.24. The second-order valence-corrected chi connectivity index (χ2v) is 6.06. The molecule has 21 heavy (non-hydrogen) atoms. The van der Waals surface area contributed by atoms with Crippen LogP contribution in [0, 0.1) is 0 Å². The second kappa shape index (κ2) is 8.83. The molecule has 1 aromatic heterocycles. The first-order valence-electron chi connectivity index (χ1n) is 8.08. The topological polar surface area (TPSA) is 28.2 Å². The molecule has 3 heteroatoms. The van der Waals surface area contributed by atoms with Crippen LogP contribution in [0.4, 0.5) is 5.82 Å². The fourth-order valence-electron chi connectivity index (χ4n) is 2.24. The zero-order valence-electron chi connectivity index (χ0n) is 14.4. The number of hydrogen-bond donors (Lipinski definition) is 1. The molecule has 0 saturated carbocycles. The molecule has 0 saturated heterocycles. The molecule has 0 aliphatic carbocycles. The zero-order valence-corrected chi connectivity index (χ0v) is 14.4. The van der Waals surface area contributed by atoms with Crippen LogP contribution in [0.15, 0.2) is 24.3 Å². The van der Waals surface area contributed by atoms with Crippen molar-refractivity contribution in [1.29, 1.82) is 0 Å². The summed E-state index contributed by atoms with van der Waals surface area (Å²) in [7, 11) is 0. The minimum absolute atomic E-state index is 0.443. The van der Waals surface area contributed by atoms with Gasteiger partial charge >= 0.3 is 0 Å². The molecule has 3 nitrogen and oxygen atoms in total. The highest BCUT2D eigenvalue weighted by atomic mass is 15.2. The van der Waals surface area contributed by atoms with Crippen LogP contribution in [0.3, 0.4) is 0 Å². The van der Waals surface area contributed by atoms with Gasteiger partial charge in [-0.25, -0.2) is 4.98 Å². The van der Waals surface area contributed by atoms with Gasteiger partial charge in [-0.2, -0.15) is 0 Å². The Labute approximate surface area is 130 Å². The highest BCUT2D eigenvalue weighted by molar-refractivity contribution is 5.44. The van der Waals surface area contributed by atoms with Crippen LogP contribution >= 0.6 is 0 Å². The molecule has 0 spiro atoms. The Bertz CT molecular complexity index is 452. The largest absolute Gasteiger partial charge is 0.353 e. The van der Waals surface area contributed by atoms with Gasteiger partial charge in [0.15, 0.2) is 0 Å². The zero-order chi connectivity index (χ0) is 15.8. The summed E-state index contributed by atoms with van der Waals surface area (Å²) in [5, 5.41) is 3.48. The van der Waals surface area contributed by atoms with E-state index in [1.54, 1.807) is 0 Å². The van der Waals surface area contributed by atoms with E-state index in [4.69, 9.17) is 4.98 Å². The first kappa shape index (κ1) is 17.7. The number of likely N-dealkylation sites (N-methyl/N-ethyl adjacent to an activating group) is 1. The minimum Gasteiger partial charge on any atom is -0.353 e. The Morgan fingerprint density at radius 1 is 1.33 bits per heavy atom. The van der Waals surface area contributed by atoms with Crippen molar-refractivity contribution < 1.29 is 0 Å². The van der Waals surface area contributed by atoms with Gasteiger partial charge < -0.3 is 10.2 Å². The third kappa shape index (κ3) is 5.88. The Morgan fingerprint density at radius 2 is 2.05 bits per heavy atom. The summed E-state index contributed by atoms with van der Waals surface area (Å²) < 4.78 is 0. The van der Waals surface area contributed by atoms with E-state index in [1.807, 2.05) is 0 Å². The van der Waals surface area contributed by atoms with Crippen molar-refractivity contribution >= 4 is 5.82 Å². The van der Waals surface area contributed by atoms with Gasteiger partial charge in [-0.3, -0.25) is 0 Å². The quantitative estimate of drug-likeness (QED) is 0.548. The molecule has 1 rings (SSSR count). The molecule has 0 unspecified atom stereocenters. The average molecular weight is 289 g/mol. The maximum absolute atomic E-state index is 4.84. The summed E-state index contributed by atoms with van der Waals surface area (Å²) in [5.74, 6) is 1.51. The molecule has 0 fully saturated rings. The number of rotatable bonds is 9. The fourth-order valence-corrected chi connectivity index (χ4v) is 2.24. The summed E-state index contributed by atoms with van der Waals surface area (Å²) in [6.45, 7) is 18.6. The molecular formula is C18H31N3. The fraction of sp³-hybridized carbons (Fsp3) is 0.611. The van der Waals surface area contributed by atoms with Gasteiger partial charge in [-0.1, -0.05) is 32.9 Å². The Kier molecular flexibility index (Phi) is 7.44. The summed E-state index contributed by atoms with van der Waals surface area (Å²) in [6, 6.07) is 4.44. The van der Waals surface area contributed by atoms with E-state index in [0.717, 1.165) is 38.4 Å². The third-order valence-corrected chi connectivity index (χ3v) is 3.41. The SMILES string of the molecule is C=C(C)CN(CC)c1cc(CNCCC)cc(C(C)C)n1. The van der Waals surface area contributed by atoms with Crippen molar-refractivity contribution in [2.45, 2.75) is 53.5 Å². The lowest BCUT2D eigenvalue weighted by atomic mass is 10.1. The molecule has 1 heterocycles. The Balaban J connectivity index is 3.02. The monoisotopic (exact) mass is 289 g/mol. The maximum atomic E-state index is 4.84. The van der Waals surface area contributed by atoms with E-state index in [-0.39, 0.29) is 0 Å². The third-order valence-electron chi connectivity index (χ3n) is 3.41. The smallest absolute Gasteiger partial charge is 0.129 e. The van der Waals surface area contributed by atoms with Crippen LogP contribution < -0.4 is 10.2 Å². The van der Waals surface area contributed by atoms with Crippen molar-refractivity contribution in [3.63, 3.8) is 0 Å². The highest BCUT2D eigenvalue weighted by Gasteiger charge is 2.11. The van der Waals surface area contributed by atoms with E-state index in [1.165, 1.54) is 16.8 Å². The van der Waals surface area contributed by atoms with Crippen molar-refractivity contribution in [1.82, 2.24) is 10.3 Å². The van der Waals surface area contributed by atoms with E-state index in [2.05, 4.69) is 63.5 Å². The van der Waals surface area contributed by atoms with E-state index in [0.29, 0.717) is 5.92 Å². The lowest BCUT2D eigenvalue weighted by Crippen LogP contribution is -2.26. The van der Waals surface area contributed by atoms with Gasteiger partial charge in [-0.15, -0.1) is 0 Å². The van der Waals surface area contributed by atoms with Crippen molar-refractivity contribution in [2.24, 2.45) is 0 Å². The molecule has 0 amide bonds. The number of nitrogens with zero attached hydrogens (tertiary/aromatic N) is 2. The average Bonchev–Trinajstić information content (AvgIpc) is 2.44. The van der Waals surface area contributed by atoms with Crippen LogP contribution in [-0.2, 0) is 6.54 Å². The highest BCUT2D eigenvalue weighted by Crippen LogP contribution is 2.21. The number of pyridine rings is 1. The maximum Gasteiger partial charge on any atom is 0.129 e. The summed E-state index contributed by atoms with van der Waals surface area (Å²) >= 11 is 0. The normalized spacial score (nSPS) is 11.0. The van der Waals surface area contributed by atoms with Gasteiger partial charge in [0.2, 0.25) is 0 Å². The molecule has 0 atom stereocenters. The Morgan fingerprint density at radius 3 is 2.57 bits per heavy atom. The molecule has 0 aliphatic rings. The molecule has 0 aromatic carbocycles. The van der Waals surface area contributed by atoms with Gasteiger partial charge in [0, 0.05) is 25.3 Å². The predicted molar refractivity (Wildman–Crippen MR) is 93.0 cm³/mol. The van der Waals surface area contributed by atoms with Crippen LogP contribution in [-0.4, -0.2) is 24.6 Å². The number of anilines is 1. The number of nitrogens with one attached hydrogen (secondary N) is 1. The predicted octanol–water partition coefficient (Wildman–Crippen LogP) is 4.11. The number of hydrogen-bond acceptors (Lipinski definition) is 3. The lowest BCUT2D eigenvalue weighted by molar-refractivity contribution is 0.671. The first-order valence-corrected chi connectivity index (χ1v) is 8.08. The van der Waals surface area contributed by atoms with E-state index >= 15 is 0 Å². The standard InChI is InChI=1S/C18H31N3/c1-7-9-19-12-16-10-17(15(5)6)20-18(11-16)21(8-2)13-14(3)4/h10-11,15,19H,3,7-9,12-13H2,1-2,4-6H3. The summed E-state index contributed by atoms with van der Waals surface area (Å²) in [5.41, 5.74) is 3.65. The van der Waals surface area contributed by atoms with Gasteiger partial charge in [0.05, 0.1) is 0 Å². The van der Waals surface area contributed by atoms with Crippen LogP contribution in [0.1, 0.15) is 58.2 Å². The minimum atomic E-state index is 0.443. The summed E-state index contributed by atoms with van der Waals surface area (Å²) in [4.78, 5) is 7.13. The first-order chi connectivity index (χ1) is 9.97. The van der Waals surface area contributed by atoms with Crippen molar-refractivity contribution in [3.8, 4) is 0 Å². The van der Waals surface area contributed by atoms with Crippen molar-refractivity contribution in [3.05, 3.63) is 35.5 Å². The van der Waals surface area contributed by atoms with E-state index in [9.17, 15) is 0 Å². The molecule has 0 bridgehead atoms. The Hall–Kier alpha value is -1.35. The van der Waals surface area contributed by atoms with Crippen molar-refractivity contribution in [2.75, 3.05) is 24.5 Å². The molecular weight excluding hydrogens is 258 g/mol. The second-order valence-electron chi connectivity index (χ2n) is 6.06. The molecule has 0 aliphatic heterocycles. The van der Waals surface area contributed by atoms with Crippen LogP contribution in [0.25, 0.3) is 0 Å². The molecule has 0 radical (unpaired) electrons. The van der Waals surface area contributed by atoms with Crippen LogP contribution in [0.5, 0.6) is 0 Å².